The largest absolute Gasteiger partial charge is 0.226 e. The molecule has 0 N–H and O–H groups in total. The number of benzene rings is 1. The van der Waals surface area contributed by atoms with Gasteiger partial charge in [-0.3, -0.25) is 0 Å². The minimum absolute atomic E-state index is 0.211. The first-order valence-electron chi connectivity index (χ1n) is 4.70. The lowest BCUT2D eigenvalue weighted by atomic mass is 10.1. The number of aryl methyl sites for hydroxylation is 1. The molecule has 2 rings (SSSR count). The number of aromatic nitrogens is 2. The van der Waals surface area contributed by atoms with Crippen molar-refractivity contribution in [3.05, 3.63) is 46.9 Å². The highest BCUT2D eigenvalue weighted by molar-refractivity contribution is 6.28. The summed E-state index contributed by atoms with van der Waals surface area (Å²) in [5.74, 6) is 0. The lowest BCUT2D eigenvalue weighted by Gasteiger charge is -2.04. The fourth-order valence-electron chi connectivity index (χ4n) is 1.45. The molecule has 0 atom stereocenters. The molecule has 0 bridgehead atoms. The number of hydrogen-bond donors (Lipinski definition) is 0. The van der Waals surface area contributed by atoms with E-state index in [9.17, 15) is 0 Å². The van der Waals surface area contributed by atoms with Crippen LogP contribution in [-0.2, 0) is 0 Å². The van der Waals surface area contributed by atoms with Crippen LogP contribution in [0.1, 0.15) is 11.1 Å². The molecule has 0 saturated heterocycles. The Labute approximate surface area is 98.4 Å². The van der Waals surface area contributed by atoms with Crippen LogP contribution in [0.15, 0.2) is 30.5 Å². The number of hydrogen-bond acceptors (Lipinski definition) is 3. The highest BCUT2D eigenvalue weighted by Gasteiger charge is 2.05. The van der Waals surface area contributed by atoms with Gasteiger partial charge in [-0.15, -0.1) is 0 Å². The van der Waals surface area contributed by atoms with Crippen molar-refractivity contribution in [2.75, 3.05) is 0 Å². The fraction of sp³-hybridized carbons (Fsp3) is 0.0833. The lowest BCUT2D eigenvalue weighted by molar-refractivity contribution is 1.13. The number of nitriles is 1. The van der Waals surface area contributed by atoms with Gasteiger partial charge in [0, 0.05) is 11.8 Å². The average Bonchev–Trinajstić information content (AvgIpc) is 2.32. The maximum absolute atomic E-state index is 8.82. The van der Waals surface area contributed by atoms with Crippen molar-refractivity contribution in [2.24, 2.45) is 0 Å². The topological polar surface area (TPSA) is 49.6 Å². The molecule has 1 heterocycles. The fourth-order valence-corrected chi connectivity index (χ4v) is 1.58. The molecule has 0 amide bonds. The standard InChI is InChI=1S/C12H8ClN3/c1-8-7-15-12(13)16-11(8)10-4-2-3-9(5-10)6-14/h2-5,7H,1H3. The first kappa shape index (κ1) is 10.6. The minimum atomic E-state index is 0.211. The normalized spacial score (nSPS) is 9.81. The zero-order valence-electron chi connectivity index (χ0n) is 8.61. The van der Waals surface area contributed by atoms with Crippen LogP contribution in [0.4, 0.5) is 0 Å². The lowest BCUT2D eigenvalue weighted by Crippen LogP contribution is -1.91. The van der Waals surface area contributed by atoms with E-state index in [2.05, 4.69) is 16.0 Å². The predicted octanol–water partition coefficient (Wildman–Crippen LogP) is 2.98. The SMILES string of the molecule is Cc1cnc(Cl)nc1-c1cccc(C#N)c1. The summed E-state index contributed by atoms with van der Waals surface area (Å²) in [5, 5.41) is 9.04. The van der Waals surface area contributed by atoms with Gasteiger partial charge in [0.05, 0.1) is 17.3 Å². The van der Waals surface area contributed by atoms with Crippen molar-refractivity contribution in [3.63, 3.8) is 0 Å². The maximum Gasteiger partial charge on any atom is 0.222 e. The predicted molar refractivity (Wildman–Crippen MR) is 61.9 cm³/mol. The summed E-state index contributed by atoms with van der Waals surface area (Å²) in [4.78, 5) is 8.06. The van der Waals surface area contributed by atoms with Crippen LogP contribution in [0.5, 0.6) is 0 Å². The van der Waals surface area contributed by atoms with Gasteiger partial charge in [-0.1, -0.05) is 12.1 Å². The second kappa shape index (κ2) is 4.30. The minimum Gasteiger partial charge on any atom is -0.226 e. The van der Waals surface area contributed by atoms with E-state index < -0.39 is 0 Å². The molecule has 0 spiro atoms. The average molecular weight is 230 g/mol. The molecule has 0 saturated carbocycles. The molecule has 4 heteroatoms. The van der Waals surface area contributed by atoms with Gasteiger partial charge in [0.15, 0.2) is 0 Å². The molecule has 78 valence electrons. The molecule has 1 aromatic heterocycles. The van der Waals surface area contributed by atoms with Gasteiger partial charge in [0.2, 0.25) is 5.28 Å². The Morgan fingerprint density at radius 1 is 1.38 bits per heavy atom. The van der Waals surface area contributed by atoms with Crippen LogP contribution in [-0.4, -0.2) is 9.97 Å². The molecule has 1 aromatic carbocycles. The first-order valence-corrected chi connectivity index (χ1v) is 5.08. The van der Waals surface area contributed by atoms with E-state index in [0.717, 1.165) is 16.8 Å². The molecule has 0 fully saturated rings. The van der Waals surface area contributed by atoms with Crippen molar-refractivity contribution in [2.45, 2.75) is 6.92 Å². The Morgan fingerprint density at radius 3 is 2.94 bits per heavy atom. The summed E-state index contributed by atoms with van der Waals surface area (Å²) in [7, 11) is 0. The molecular formula is C12H8ClN3. The van der Waals surface area contributed by atoms with Crippen LogP contribution in [0, 0.1) is 18.3 Å². The smallest absolute Gasteiger partial charge is 0.222 e. The van der Waals surface area contributed by atoms with Crippen molar-refractivity contribution >= 4 is 11.6 Å². The van der Waals surface area contributed by atoms with Crippen LogP contribution < -0.4 is 0 Å². The zero-order chi connectivity index (χ0) is 11.5. The summed E-state index contributed by atoms with van der Waals surface area (Å²) < 4.78 is 0. The quantitative estimate of drug-likeness (QED) is 0.707. The van der Waals surface area contributed by atoms with Crippen molar-refractivity contribution in [3.8, 4) is 17.3 Å². The molecule has 0 unspecified atom stereocenters. The Bertz CT molecular complexity index is 573. The third-order valence-electron chi connectivity index (χ3n) is 2.21. The third kappa shape index (κ3) is 2.02. The van der Waals surface area contributed by atoms with E-state index in [4.69, 9.17) is 16.9 Å². The maximum atomic E-state index is 8.82. The van der Waals surface area contributed by atoms with E-state index in [1.165, 1.54) is 0 Å². The summed E-state index contributed by atoms with van der Waals surface area (Å²) in [6.45, 7) is 1.91. The van der Waals surface area contributed by atoms with Gasteiger partial charge in [-0.05, 0) is 36.2 Å². The third-order valence-corrected chi connectivity index (χ3v) is 2.39. The van der Waals surface area contributed by atoms with Crippen molar-refractivity contribution in [1.29, 1.82) is 5.26 Å². The summed E-state index contributed by atoms with van der Waals surface area (Å²) in [6, 6.07) is 9.35. The molecule has 0 aliphatic rings. The Morgan fingerprint density at radius 2 is 2.19 bits per heavy atom. The molecular weight excluding hydrogens is 222 g/mol. The summed E-state index contributed by atoms with van der Waals surface area (Å²) >= 11 is 5.75. The van der Waals surface area contributed by atoms with Crippen LogP contribution in [0.25, 0.3) is 11.3 Å². The molecule has 3 nitrogen and oxygen atoms in total. The first-order chi connectivity index (χ1) is 7.70. The van der Waals surface area contributed by atoms with Gasteiger partial charge >= 0.3 is 0 Å². The highest BCUT2D eigenvalue weighted by atomic mass is 35.5. The van der Waals surface area contributed by atoms with Crippen LogP contribution in [0.2, 0.25) is 5.28 Å². The molecule has 16 heavy (non-hydrogen) atoms. The number of halogens is 1. The highest BCUT2D eigenvalue weighted by Crippen LogP contribution is 2.22. The van der Waals surface area contributed by atoms with Crippen LogP contribution >= 0.6 is 11.6 Å². The van der Waals surface area contributed by atoms with Gasteiger partial charge in [0.1, 0.15) is 0 Å². The van der Waals surface area contributed by atoms with Crippen molar-refractivity contribution < 1.29 is 0 Å². The Kier molecular flexibility index (Phi) is 2.84. The van der Waals surface area contributed by atoms with E-state index >= 15 is 0 Å². The Hall–Kier alpha value is -1.92. The van der Waals surface area contributed by atoms with E-state index in [0.29, 0.717) is 5.56 Å². The summed E-state index contributed by atoms with van der Waals surface area (Å²) in [6.07, 6.45) is 1.67. The van der Waals surface area contributed by atoms with Gasteiger partial charge in [-0.2, -0.15) is 5.26 Å². The monoisotopic (exact) mass is 229 g/mol. The zero-order valence-corrected chi connectivity index (χ0v) is 9.36. The van der Waals surface area contributed by atoms with Gasteiger partial charge < -0.3 is 0 Å². The number of nitrogens with zero attached hydrogens (tertiary/aromatic N) is 3. The van der Waals surface area contributed by atoms with Gasteiger partial charge in [0.25, 0.3) is 0 Å². The van der Waals surface area contributed by atoms with E-state index in [1.807, 2.05) is 19.1 Å². The van der Waals surface area contributed by atoms with Gasteiger partial charge in [-0.25, -0.2) is 9.97 Å². The molecule has 0 aliphatic carbocycles. The molecule has 2 aromatic rings. The van der Waals surface area contributed by atoms with Crippen LogP contribution in [0.3, 0.4) is 0 Å². The van der Waals surface area contributed by atoms with Crippen molar-refractivity contribution in [1.82, 2.24) is 9.97 Å². The van der Waals surface area contributed by atoms with E-state index in [-0.39, 0.29) is 5.28 Å². The second-order valence-corrected chi connectivity index (χ2v) is 3.70. The number of rotatable bonds is 1. The second-order valence-electron chi connectivity index (χ2n) is 3.36. The molecule has 0 aliphatic heterocycles. The summed E-state index contributed by atoms with van der Waals surface area (Å²) in [5.41, 5.74) is 3.17. The van der Waals surface area contributed by atoms with E-state index in [1.54, 1.807) is 18.3 Å². The molecule has 0 radical (unpaired) electrons. The Balaban J connectivity index is 2.58.